The molecule has 4 nitrogen and oxygen atoms in total. The van der Waals surface area contributed by atoms with Crippen molar-refractivity contribution in [2.24, 2.45) is 0 Å². The molecule has 1 aromatic carbocycles. The summed E-state index contributed by atoms with van der Waals surface area (Å²) >= 11 is 0. The molecule has 1 aliphatic carbocycles. The number of halogens is 2. The van der Waals surface area contributed by atoms with Gasteiger partial charge in [-0.1, -0.05) is 25.0 Å². The molecule has 0 spiro atoms. The highest BCUT2D eigenvalue weighted by Crippen LogP contribution is 2.44. The normalized spacial score (nSPS) is 26.4. The lowest BCUT2D eigenvalue weighted by Crippen LogP contribution is -2.46. The number of amides is 1. The summed E-state index contributed by atoms with van der Waals surface area (Å²) in [6.45, 7) is -0.311. The number of likely N-dealkylation sites (tertiary alicyclic amines) is 1. The maximum Gasteiger partial charge on any atom is 0.343 e. The number of alkyl halides is 1. The van der Waals surface area contributed by atoms with Crippen molar-refractivity contribution in [3.05, 3.63) is 35.6 Å². The van der Waals surface area contributed by atoms with Gasteiger partial charge in [0.1, 0.15) is 5.82 Å². The summed E-state index contributed by atoms with van der Waals surface area (Å²) in [5, 5.41) is 8.99. The number of benzene rings is 1. The fourth-order valence-electron chi connectivity index (χ4n) is 3.80. The standard InChI is InChI=1S/C17H19F2NO3/c18-13-5-3-12(4-6-13)16(7-1-2-8-16)14(21)20-10-9-17(19,11-20)15(22)23/h3-6H,1-2,7-11H2,(H,22,23). The molecular weight excluding hydrogens is 304 g/mol. The van der Waals surface area contributed by atoms with Crippen LogP contribution in [0.15, 0.2) is 24.3 Å². The monoisotopic (exact) mass is 323 g/mol. The van der Waals surface area contributed by atoms with E-state index in [4.69, 9.17) is 5.11 Å². The molecule has 1 atom stereocenters. The SMILES string of the molecule is O=C(O)C1(F)CCN(C(=O)C2(c3ccc(F)cc3)CCCC2)C1. The number of hydrogen-bond donors (Lipinski definition) is 1. The molecule has 2 aliphatic rings. The van der Waals surface area contributed by atoms with E-state index in [-0.39, 0.29) is 24.7 Å². The van der Waals surface area contributed by atoms with Gasteiger partial charge in [-0.05, 0) is 30.5 Å². The predicted octanol–water partition coefficient (Wildman–Crippen LogP) is 2.66. The highest BCUT2D eigenvalue weighted by Gasteiger charge is 2.52. The van der Waals surface area contributed by atoms with Crippen LogP contribution in [0, 0.1) is 5.82 Å². The molecule has 0 radical (unpaired) electrons. The van der Waals surface area contributed by atoms with Crippen LogP contribution in [0.5, 0.6) is 0 Å². The summed E-state index contributed by atoms with van der Waals surface area (Å²) in [5.74, 6) is -2.12. The second-order valence-electron chi connectivity index (χ2n) is 6.54. The van der Waals surface area contributed by atoms with E-state index >= 15 is 0 Å². The lowest BCUT2D eigenvalue weighted by Gasteiger charge is -2.33. The molecule has 2 fully saturated rings. The predicted molar refractivity (Wildman–Crippen MR) is 79.2 cm³/mol. The number of rotatable bonds is 3. The Hall–Kier alpha value is -1.98. The molecule has 124 valence electrons. The molecule has 1 saturated carbocycles. The van der Waals surface area contributed by atoms with Gasteiger partial charge in [0.2, 0.25) is 11.6 Å². The van der Waals surface area contributed by atoms with Crippen LogP contribution in [0.25, 0.3) is 0 Å². The first-order valence-electron chi connectivity index (χ1n) is 7.85. The van der Waals surface area contributed by atoms with Gasteiger partial charge in [-0.15, -0.1) is 0 Å². The van der Waals surface area contributed by atoms with Gasteiger partial charge in [0, 0.05) is 13.0 Å². The van der Waals surface area contributed by atoms with E-state index in [9.17, 15) is 18.4 Å². The minimum Gasteiger partial charge on any atom is -0.479 e. The first kappa shape index (κ1) is 15.9. The number of aliphatic carboxylic acids is 1. The molecule has 1 amide bonds. The van der Waals surface area contributed by atoms with Gasteiger partial charge >= 0.3 is 5.97 Å². The minimum absolute atomic E-state index is 0.102. The Balaban J connectivity index is 1.89. The van der Waals surface area contributed by atoms with Gasteiger partial charge in [-0.25, -0.2) is 13.6 Å². The average molecular weight is 323 g/mol. The zero-order valence-electron chi connectivity index (χ0n) is 12.7. The first-order valence-corrected chi connectivity index (χ1v) is 7.85. The van der Waals surface area contributed by atoms with Crippen molar-refractivity contribution in [2.75, 3.05) is 13.1 Å². The van der Waals surface area contributed by atoms with Gasteiger partial charge in [-0.2, -0.15) is 0 Å². The second kappa shape index (κ2) is 5.58. The molecule has 1 aromatic rings. The van der Waals surface area contributed by atoms with Crippen LogP contribution >= 0.6 is 0 Å². The topological polar surface area (TPSA) is 57.6 Å². The van der Waals surface area contributed by atoms with Crippen molar-refractivity contribution in [2.45, 2.75) is 43.2 Å². The fourth-order valence-corrected chi connectivity index (χ4v) is 3.80. The Morgan fingerprint density at radius 3 is 2.22 bits per heavy atom. The van der Waals surface area contributed by atoms with Crippen LogP contribution in [0.2, 0.25) is 0 Å². The average Bonchev–Trinajstić information content (AvgIpc) is 3.16. The third kappa shape index (κ3) is 2.60. The van der Waals surface area contributed by atoms with E-state index in [1.165, 1.54) is 17.0 Å². The van der Waals surface area contributed by atoms with Crippen LogP contribution in [-0.2, 0) is 15.0 Å². The summed E-state index contributed by atoms with van der Waals surface area (Å²) in [7, 11) is 0. The third-order valence-corrected chi connectivity index (χ3v) is 5.15. The quantitative estimate of drug-likeness (QED) is 0.930. The first-order chi connectivity index (χ1) is 10.9. The van der Waals surface area contributed by atoms with Crippen LogP contribution in [-0.4, -0.2) is 40.6 Å². The maximum absolute atomic E-state index is 14.3. The Labute approximate surface area is 133 Å². The van der Waals surface area contributed by atoms with Gasteiger partial charge in [0.25, 0.3) is 0 Å². The molecule has 1 saturated heterocycles. The lowest BCUT2D eigenvalue weighted by molar-refractivity contribution is -0.150. The summed E-state index contributed by atoms with van der Waals surface area (Å²) < 4.78 is 27.5. The number of carboxylic acids is 1. The van der Waals surface area contributed by atoms with Crippen LogP contribution in [0.4, 0.5) is 8.78 Å². The summed E-state index contributed by atoms with van der Waals surface area (Å²) in [4.78, 5) is 25.4. The molecule has 1 N–H and O–H groups in total. The van der Waals surface area contributed by atoms with E-state index in [0.29, 0.717) is 12.8 Å². The largest absolute Gasteiger partial charge is 0.479 e. The summed E-state index contributed by atoms with van der Waals surface area (Å²) in [5.41, 5.74) is -2.41. The Kier molecular flexibility index (Phi) is 3.86. The summed E-state index contributed by atoms with van der Waals surface area (Å²) in [6.07, 6.45) is 2.81. The number of carbonyl (C=O) groups excluding carboxylic acids is 1. The number of carboxylic acid groups (broad SMARTS) is 1. The Morgan fingerprint density at radius 1 is 1.09 bits per heavy atom. The fraction of sp³-hybridized carbons (Fsp3) is 0.529. The molecule has 23 heavy (non-hydrogen) atoms. The highest BCUT2D eigenvalue weighted by atomic mass is 19.1. The zero-order chi connectivity index (χ0) is 16.7. The van der Waals surface area contributed by atoms with E-state index in [0.717, 1.165) is 18.4 Å². The van der Waals surface area contributed by atoms with Gasteiger partial charge in [0.15, 0.2) is 0 Å². The molecule has 1 heterocycles. The second-order valence-corrected chi connectivity index (χ2v) is 6.54. The van der Waals surface area contributed by atoms with E-state index in [1.807, 2.05) is 0 Å². The zero-order valence-corrected chi connectivity index (χ0v) is 12.7. The maximum atomic E-state index is 14.3. The molecule has 0 aromatic heterocycles. The van der Waals surface area contributed by atoms with Crippen molar-refractivity contribution in [3.8, 4) is 0 Å². The van der Waals surface area contributed by atoms with Crippen molar-refractivity contribution in [1.29, 1.82) is 0 Å². The van der Waals surface area contributed by atoms with Gasteiger partial charge in [0.05, 0.1) is 12.0 Å². The van der Waals surface area contributed by atoms with Gasteiger partial charge in [-0.3, -0.25) is 4.79 Å². The van der Waals surface area contributed by atoms with Crippen molar-refractivity contribution >= 4 is 11.9 Å². The highest BCUT2D eigenvalue weighted by molar-refractivity contribution is 5.90. The number of carbonyl (C=O) groups is 2. The molecule has 3 rings (SSSR count). The van der Waals surface area contributed by atoms with Crippen LogP contribution in [0.1, 0.15) is 37.7 Å². The van der Waals surface area contributed by atoms with Crippen molar-refractivity contribution in [1.82, 2.24) is 4.90 Å². The van der Waals surface area contributed by atoms with Crippen molar-refractivity contribution < 1.29 is 23.5 Å². The molecular formula is C17H19F2NO3. The van der Waals surface area contributed by atoms with E-state index < -0.39 is 23.6 Å². The number of nitrogens with zero attached hydrogens (tertiary/aromatic N) is 1. The minimum atomic E-state index is -2.36. The lowest BCUT2D eigenvalue weighted by atomic mass is 9.77. The smallest absolute Gasteiger partial charge is 0.343 e. The number of hydrogen-bond acceptors (Lipinski definition) is 2. The molecule has 1 unspecified atom stereocenters. The van der Waals surface area contributed by atoms with Crippen LogP contribution < -0.4 is 0 Å². The Bertz CT molecular complexity index is 625. The molecule has 0 bridgehead atoms. The Morgan fingerprint density at radius 2 is 1.70 bits per heavy atom. The summed E-state index contributed by atoms with van der Waals surface area (Å²) in [6, 6.07) is 5.86. The third-order valence-electron chi connectivity index (χ3n) is 5.15. The molecule has 1 aliphatic heterocycles. The van der Waals surface area contributed by atoms with Crippen molar-refractivity contribution in [3.63, 3.8) is 0 Å². The van der Waals surface area contributed by atoms with E-state index in [1.54, 1.807) is 12.1 Å². The van der Waals surface area contributed by atoms with E-state index in [2.05, 4.69) is 0 Å². The van der Waals surface area contributed by atoms with Crippen LogP contribution in [0.3, 0.4) is 0 Å². The molecule has 6 heteroatoms. The van der Waals surface area contributed by atoms with Gasteiger partial charge < -0.3 is 10.0 Å².